The van der Waals surface area contributed by atoms with E-state index in [1.54, 1.807) is 6.07 Å². The summed E-state index contributed by atoms with van der Waals surface area (Å²) in [4.78, 5) is 32.4. The van der Waals surface area contributed by atoms with Crippen LogP contribution in [0.1, 0.15) is 27.2 Å². The van der Waals surface area contributed by atoms with Gasteiger partial charge in [-0.05, 0) is 54.8 Å². The largest absolute Gasteiger partial charge is 0.423 e. The van der Waals surface area contributed by atoms with E-state index in [1.807, 2.05) is 48.2 Å². The number of aromatic amines is 1. The summed E-state index contributed by atoms with van der Waals surface area (Å²) in [5.41, 5.74) is 5.19. The summed E-state index contributed by atoms with van der Waals surface area (Å²) in [6.45, 7) is 7.59. The van der Waals surface area contributed by atoms with Gasteiger partial charge in [0.25, 0.3) is 5.91 Å². The van der Waals surface area contributed by atoms with Gasteiger partial charge < -0.3 is 14.3 Å². The Morgan fingerprint density at radius 2 is 1.74 bits per heavy atom. The molecule has 0 spiro atoms. The number of fused-ring (bicyclic) bond motifs is 2. The lowest BCUT2D eigenvalue weighted by atomic mass is 10.0. The van der Waals surface area contributed by atoms with Gasteiger partial charge in [0.2, 0.25) is 0 Å². The Morgan fingerprint density at radius 3 is 2.52 bits per heavy atom. The van der Waals surface area contributed by atoms with E-state index in [0.29, 0.717) is 30.9 Å². The highest BCUT2D eigenvalue weighted by molar-refractivity contribution is 5.98. The van der Waals surface area contributed by atoms with Gasteiger partial charge in [0.15, 0.2) is 0 Å². The van der Waals surface area contributed by atoms with Gasteiger partial charge in [-0.25, -0.2) is 4.79 Å². The van der Waals surface area contributed by atoms with Crippen LogP contribution in [0.3, 0.4) is 0 Å². The Kier molecular flexibility index (Phi) is 4.87. The number of rotatable bonds is 3. The van der Waals surface area contributed by atoms with Crippen LogP contribution in [0.4, 0.5) is 0 Å². The average Bonchev–Trinajstić information content (AvgIpc) is 3.19. The van der Waals surface area contributed by atoms with E-state index < -0.39 is 0 Å². The van der Waals surface area contributed by atoms with Gasteiger partial charge in [0.05, 0.1) is 0 Å². The fourth-order valence-corrected chi connectivity index (χ4v) is 4.32. The Morgan fingerprint density at radius 1 is 1.00 bits per heavy atom. The fourth-order valence-electron chi connectivity index (χ4n) is 4.32. The Balaban J connectivity index is 1.30. The van der Waals surface area contributed by atoms with Crippen molar-refractivity contribution in [2.75, 3.05) is 26.2 Å². The number of amides is 1. The van der Waals surface area contributed by atoms with Crippen molar-refractivity contribution in [1.29, 1.82) is 0 Å². The van der Waals surface area contributed by atoms with Crippen LogP contribution in [0.25, 0.3) is 21.9 Å². The van der Waals surface area contributed by atoms with Crippen molar-refractivity contribution >= 4 is 27.8 Å². The van der Waals surface area contributed by atoms with Crippen LogP contribution in [-0.4, -0.2) is 46.9 Å². The van der Waals surface area contributed by atoms with Crippen LogP contribution in [0.5, 0.6) is 0 Å². The summed E-state index contributed by atoms with van der Waals surface area (Å²) in [5.74, 6) is 0.0350. The number of hydrogen-bond donors (Lipinski definition) is 1. The number of carbonyl (C=O) groups excluding carboxylic acids is 1. The molecule has 1 aliphatic heterocycles. The Bertz CT molecular complexity index is 1310. The molecule has 1 aliphatic rings. The second-order valence-electron chi connectivity index (χ2n) is 8.36. The molecule has 1 N–H and O–H groups in total. The molecule has 6 nitrogen and oxygen atoms in total. The highest BCUT2D eigenvalue weighted by atomic mass is 16.4. The number of aryl methyl sites for hydroxylation is 2. The van der Waals surface area contributed by atoms with Crippen LogP contribution in [0, 0.1) is 13.8 Å². The molecule has 6 heteroatoms. The monoisotopic (exact) mass is 415 g/mol. The molecule has 0 radical (unpaired) electrons. The molecule has 0 aliphatic carbocycles. The lowest BCUT2D eigenvalue weighted by Crippen LogP contribution is -2.48. The van der Waals surface area contributed by atoms with E-state index in [9.17, 15) is 9.59 Å². The molecule has 0 saturated carbocycles. The summed E-state index contributed by atoms with van der Waals surface area (Å²) < 4.78 is 5.42. The van der Waals surface area contributed by atoms with Gasteiger partial charge in [-0.2, -0.15) is 0 Å². The topological polar surface area (TPSA) is 69.6 Å². The first-order valence-electron chi connectivity index (χ1n) is 10.6. The number of aromatic nitrogens is 1. The minimum absolute atomic E-state index is 0.0350. The normalized spacial score (nSPS) is 15.1. The van der Waals surface area contributed by atoms with E-state index in [-0.39, 0.29) is 11.5 Å². The van der Waals surface area contributed by atoms with Crippen molar-refractivity contribution in [2.45, 2.75) is 20.4 Å². The van der Waals surface area contributed by atoms with Gasteiger partial charge in [-0.15, -0.1) is 0 Å². The molecule has 5 rings (SSSR count). The van der Waals surface area contributed by atoms with Crippen molar-refractivity contribution in [1.82, 2.24) is 14.8 Å². The van der Waals surface area contributed by atoms with E-state index in [4.69, 9.17) is 4.42 Å². The smallest absolute Gasteiger partial charge is 0.336 e. The third-order valence-corrected chi connectivity index (χ3v) is 6.26. The molecule has 1 fully saturated rings. The maximum absolute atomic E-state index is 12.9. The minimum atomic E-state index is -0.321. The number of piperazine rings is 1. The molecule has 158 valence electrons. The Hall–Kier alpha value is -3.38. The quantitative estimate of drug-likeness (QED) is 0.516. The maximum Gasteiger partial charge on any atom is 0.336 e. The van der Waals surface area contributed by atoms with E-state index >= 15 is 0 Å². The molecule has 0 atom stereocenters. The second-order valence-corrected chi connectivity index (χ2v) is 8.36. The molecule has 2 aromatic heterocycles. The van der Waals surface area contributed by atoms with Gasteiger partial charge in [0, 0.05) is 55.1 Å². The van der Waals surface area contributed by atoms with Crippen molar-refractivity contribution in [2.24, 2.45) is 0 Å². The summed E-state index contributed by atoms with van der Waals surface area (Å²) in [6.07, 6.45) is 0. The van der Waals surface area contributed by atoms with E-state index in [2.05, 4.69) is 22.9 Å². The summed E-state index contributed by atoms with van der Waals surface area (Å²) in [5, 5.41) is 2.03. The molecular weight excluding hydrogens is 390 g/mol. The molecule has 0 unspecified atom stereocenters. The van der Waals surface area contributed by atoms with E-state index in [0.717, 1.165) is 40.5 Å². The van der Waals surface area contributed by atoms with Crippen LogP contribution in [-0.2, 0) is 6.54 Å². The average molecular weight is 415 g/mol. The minimum Gasteiger partial charge on any atom is -0.423 e. The van der Waals surface area contributed by atoms with E-state index in [1.165, 1.54) is 5.56 Å². The van der Waals surface area contributed by atoms with Crippen LogP contribution < -0.4 is 5.63 Å². The summed E-state index contributed by atoms with van der Waals surface area (Å²) in [6, 6.07) is 15.5. The number of para-hydroxylation sites is 1. The first kappa shape index (κ1) is 19.6. The number of nitrogens with zero attached hydrogens (tertiary/aromatic N) is 2. The highest BCUT2D eigenvalue weighted by Crippen LogP contribution is 2.23. The van der Waals surface area contributed by atoms with Crippen LogP contribution in [0.15, 0.2) is 57.7 Å². The fraction of sp³-hybridized carbons (Fsp3) is 0.280. The van der Waals surface area contributed by atoms with Crippen molar-refractivity contribution in [3.8, 4) is 0 Å². The maximum atomic E-state index is 12.9. The first-order chi connectivity index (χ1) is 15.0. The molecule has 2 aromatic carbocycles. The molecule has 1 saturated heterocycles. The summed E-state index contributed by atoms with van der Waals surface area (Å²) in [7, 11) is 0. The van der Waals surface area contributed by atoms with Crippen molar-refractivity contribution in [3.63, 3.8) is 0 Å². The van der Waals surface area contributed by atoms with Crippen molar-refractivity contribution in [3.05, 3.63) is 81.3 Å². The molecular formula is C25H25N3O3. The number of H-pyrrole nitrogens is 1. The van der Waals surface area contributed by atoms with Crippen LogP contribution in [0.2, 0.25) is 0 Å². The third kappa shape index (κ3) is 3.75. The lowest BCUT2D eigenvalue weighted by Gasteiger charge is -2.34. The van der Waals surface area contributed by atoms with Gasteiger partial charge >= 0.3 is 5.63 Å². The molecule has 0 bridgehead atoms. The van der Waals surface area contributed by atoms with Gasteiger partial charge in [-0.1, -0.05) is 18.2 Å². The molecule has 4 aromatic rings. The first-order valence-corrected chi connectivity index (χ1v) is 10.6. The predicted molar refractivity (Wildman–Crippen MR) is 121 cm³/mol. The summed E-state index contributed by atoms with van der Waals surface area (Å²) >= 11 is 0. The number of benzene rings is 2. The lowest BCUT2D eigenvalue weighted by molar-refractivity contribution is 0.0624. The number of nitrogens with one attached hydrogen (secondary N) is 1. The standard InChI is InChI=1S/C25H25N3O3/c1-16-11-20-19(14-24(29)31-23(20)12-17(16)2)15-27-7-9-28(10-8-27)25(30)22-13-18-5-3-4-6-21(18)26-22/h3-6,11-14,26H,7-10,15H2,1-2H3. The Labute approximate surface area is 180 Å². The van der Waals surface area contributed by atoms with Gasteiger partial charge in [-0.3, -0.25) is 9.69 Å². The van der Waals surface area contributed by atoms with Crippen LogP contribution >= 0.6 is 0 Å². The zero-order chi connectivity index (χ0) is 21.5. The second kappa shape index (κ2) is 7.71. The SMILES string of the molecule is Cc1cc2oc(=O)cc(CN3CCN(C(=O)c4cc5ccccc5[nH]4)CC3)c2cc1C. The number of carbonyl (C=O) groups is 1. The molecule has 3 heterocycles. The number of hydrogen-bond acceptors (Lipinski definition) is 4. The van der Waals surface area contributed by atoms with Crippen molar-refractivity contribution < 1.29 is 9.21 Å². The van der Waals surface area contributed by atoms with Gasteiger partial charge in [0.1, 0.15) is 11.3 Å². The molecule has 1 amide bonds. The third-order valence-electron chi connectivity index (χ3n) is 6.26. The zero-order valence-corrected chi connectivity index (χ0v) is 17.8. The zero-order valence-electron chi connectivity index (χ0n) is 17.8. The highest BCUT2D eigenvalue weighted by Gasteiger charge is 2.24. The predicted octanol–water partition coefficient (Wildman–Crippen LogP) is 3.85. The molecule has 31 heavy (non-hydrogen) atoms.